The van der Waals surface area contributed by atoms with Crippen molar-refractivity contribution in [2.24, 2.45) is 5.92 Å². The normalized spacial score (nSPS) is 13.3. The Bertz CT molecular complexity index is 405. The van der Waals surface area contributed by atoms with E-state index in [1.54, 1.807) is 41.5 Å². The van der Waals surface area contributed by atoms with Crippen LogP contribution in [0.2, 0.25) is 0 Å². The van der Waals surface area contributed by atoms with Gasteiger partial charge in [0.1, 0.15) is 11.2 Å². The fourth-order valence-corrected chi connectivity index (χ4v) is 1.31. The van der Waals surface area contributed by atoms with Crippen molar-refractivity contribution in [1.82, 2.24) is 4.90 Å². The molecule has 122 valence electrons. The molecular formula is C14H25NO6. The summed E-state index contributed by atoms with van der Waals surface area (Å²) in [5.74, 6) is -3.69. The van der Waals surface area contributed by atoms with Gasteiger partial charge in [0, 0.05) is 13.6 Å². The van der Waals surface area contributed by atoms with E-state index >= 15 is 0 Å². The van der Waals surface area contributed by atoms with E-state index in [0.717, 1.165) is 4.90 Å². The first-order valence-electron chi connectivity index (χ1n) is 6.63. The summed E-state index contributed by atoms with van der Waals surface area (Å²) in [5, 5.41) is 9.12. The maximum absolute atomic E-state index is 11.9. The molecule has 0 aromatic rings. The van der Waals surface area contributed by atoms with E-state index in [1.165, 1.54) is 7.05 Å². The largest absolute Gasteiger partial charge is 0.481 e. The molecule has 1 amide bonds. The minimum Gasteiger partial charge on any atom is -0.481 e. The molecule has 0 rings (SSSR count). The van der Waals surface area contributed by atoms with Gasteiger partial charge >= 0.3 is 18.0 Å². The smallest absolute Gasteiger partial charge is 0.410 e. The second kappa shape index (κ2) is 6.78. The van der Waals surface area contributed by atoms with Gasteiger partial charge in [-0.05, 0) is 41.5 Å². The van der Waals surface area contributed by atoms with E-state index in [0.29, 0.717) is 0 Å². The summed E-state index contributed by atoms with van der Waals surface area (Å²) in [6.07, 6.45) is -0.697. The quantitative estimate of drug-likeness (QED) is 0.629. The van der Waals surface area contributed by atoms with Gasteiger partial charge in [-0.3, -0.25) is 9.59 Å². The Hall–Kier alpha value is -1.79. The fraction of sp³-hybridized carbons (Fsp3) is 0.786. The third-order valence-electron chi connectivity index (χ3n) is 2.15. The summed E-state index contributed by atoms with van der Waals surface area (Å²) >= 11 is 0. The number of hydrogen-bond donors (Lipinski definition) is 1. The first-order valence-corrected chi connectivity index (χ1v) is 6.63. The third-order valence-corrected chi connectivity index (χ3v) is 2.15. The Labute approximate surface area is 125 Å². The fourth-order valence-electron chi connectivity index (χ4n) is 1.31. The Kier molecular flexibility index (Phi) is 6.20. The second-order valence-corrected chi connectivity index (χ2v) is 6.79. The highest BCUT2D eigenvalue weighted by atomic mass is 16.6. The lowest BCUT2D eigenvalue weighted by Crippen LogP contribution is -2.43. The first-order chi connectivity index (χ1) is 9.23. The number of carboxylic acids is 1. The van der Waals surface area contributed by atoms with Crippen molar-refractivity contribution in [2.75, 3.05) is 13.6 Å². The van der Waals surface area contributed by atoms with Crippen LogP contribution in [0.1, 0.15) is 41.5 Å². The van der Waals surface area contributed by atoms with Crippen molar-refractivity contribution in [3.05, 3.63) is 0 Å². The molecule has 0 radical (unpaired) electrons. The van der Waals surface area contributed by atoms with Crippen LogP contribution < -0.4 is 0 Å². The number of carbonyl (C=O) groups excluding carboxylic acids is 2. The highest BCUT2D eigenvalue weighted by Gasteiger charge is 2.34. The maximum Gasteiger partial charge on any atom is 0.410 e. The summed E-state index contributed by atoms with van der Waals surface area (Å²) in [7, 11) is 1.37. The third kappa shape index (κ3) is 8.16. The van der Waals surface area contributed by atoms with Crippen LogP contribution in [0.15, 0.2) is 0 Å². The van der Waals surface area contributed by atoms with Gasteiger partial charge in [-0.1, -0.05) is 0 Å². The number of carboxylic acid groups (broad SMARTS) is 1. The standard InChI is InChI=1S/C14H25NO6/c1-13(2,3)20-11(18)9(10(16)17)8-15(7)12(19)21-14(4,5)6/h9H,8H2,1-7H3,(H,16,17). The van der Waals surface area contributed by atoms with Gasteiger partial charge in [-0.15, -0.1) is 0 Å². The summed E-state index contributed by atoms with van der Waals surface area (Å²) in [6.45, 7) is 9.69. The Morgan fingerprint density at radius 3 is 1.76 bits per heavy atom. The average Bonchev–Trinajstić information content (AvgIpc) is 2.19. The molecule has 0 aliphatic rings. The van der Waals surface area contributed by atoms with Crippen LogP contribution in [0.3, 0.4) is 0 Å². The highest BCUT2D eigenvalue weighted by molar-refractivity contribution is 5.94. The topological polar surface area (TPSA) is 93.1 Å². The molecule has 0 bridgehead atoms. The molecular weight excluding hydrogens is 278 g/mol. The molecule has 1 atom stereocenters. The molecule has 0 aromatic heterocycles. The van der Waals surface area contributed by atoms with E-state index in [1.807, 2.05) is 0 Å². The highest BCUT2D eigenvalue weighted by Crippen LogP contribution is 2.14. The Morgan fingerprint density at radius 2 is 1.43 bits per heavy atom. The van der Waals surface area contributed by atoms with Gasteiger partial charge in [0.2, 0.25) is 0 Å². The lowest BCUT2D eigenvalue weighted by Gasteiger charge is -2.27. The number of aliphatic carboxylic acids is 1. The van der Waals surface area contributed by atoms with E-state index in [4.69, 9.17) is 14.6 Å². The summed E-state index contributed by atoms with van der Waals surface area (Å²) in [6, 6.07) is 0. The van der Waals surface area contributed by atoms with Crippen LogP contribution >= 0.6 is 0 Å². The zero-order valence-corrected chi connectivity index (χ0v) is 13.7. The molecule has 0 aliphatic heterocycles. The number of carbonyl (C=O) groups is 3. The molecule has 7 heteroatoms. The number of nitrogens with zero attached hydrogens (tertiary/aromatic N) is 1. The van der Waals surface area contributed by atoms with Crippen LogP contribution in [-0.2, 0) is 19.1 Å². The lowest BCUT2D eigenvalue weighted by molar-refractivity contribution is -0.167. The molecule has 1 N–H and O–H groups in total. The van der Waals surface area contributed by atoms with Gasteiger partial charge < -0.3 is 19.5 Å². The van der Waals surface area contributed by atoms with Crippen LogP contribution in [0, 0.1) is 5.92 Å². The summed E-state index contributed by atoms with van der Waals surface area (Å²) < 4.78 is 10.1. The monoisotopic (exact) mass is 303 g/mol. The molecule has 0 heterocycles. The average molecular weight is 303 g/mol. The number of hydrogen-bond acceptors (Lipinski definition) is 5. The minimum atomic E-state index is -1.46. The van der Waals surface area contributed by atoms with Crippen LogP contribution in [0.4, 0.5) is 4.79 Å². The molecule has 7 nitrogen and oxygen atoms in total. The SMILES string of the molecule is CN(CC(C(=O)O)C(=O)OC(C)(C)C)C(=O)OC(C)(C)C. The van der Waals surface area contributed by atoms with E-state index < -0.39 is 35.2 Å². The van der Waals surface area contributed by atoms with Crippen molar-refractivity contribution in [2.45, 2.75) is 52.7 Å². The van der Waals surface area contributed by atoms with Crippen LogP contribution in [0.25, 0.3) is 0 Å². The molecule has 21 heavy (non-hydrogen) atoms. The zero-order chi connectivity index (χ0) is 17.0. The molecule has 1 unspecified atom stereocenters. The predicted octanol–water partition coefficient (Wildman–Crippen LogP) is 1.90. The van der Waals surface area contributed by atoms with E-state index in [-0.39, 0.29) is 6.54 Å². The minimum absolute atomic E-state index is 0.320. The van der Waals surface area contributed by atoms with Crippen molar-refractivity contribution >= 4 is 18.0 Å². The first kappa shape index (κ1) is 19.2. The maximum atomic E-state index is 11.9. The van der Waals surface area contributed by atoms with Crippen molar-refractivity contribution in [3.63, 3.8) is 0 Å². The summed E-state index contributed by atoms with van der Waals surface area (Å²) in [4.78, 5) is 35.9. The lowest BCUT2D eigenvalue weighted by atomic mass is 10.1. The number of esters is 1. The molecule has 0 aromatic carbocycles. The Balaban J connectivity index is 4.83. The van der Waals surface area contributed by atoms with Gasteiger partial charge in [-0.2, -0.15) is 0 Å². The van der Waals surface area contributed by atoms with Gasteiger partial charge in [0.15, 0.2) is 5.92 Å². The van der Waals surface area contributed by atoms with Gasteiger partial charge in [0.25, 0.3) is 0 Å². The molecule has 0 saturated carbocycles. The van der Waals surface area contributed by atoms with Gasteiger partial charge in [-0.25, -0.2) is 4.79 Å². The number of ether oxygens (including phenoxy) is 2. The van der Waals surface area contributed by atoms with Gasteiger partial charge in [0.05, 0.1) is 0 Å². The molecule has 0 saturated heterocycles. The second-order valence-electron chi connectivity index (χ2n) is 6.79. The van der Waals surface area contributed by atoms with Crippen LogP contribution in [-0.4, -0.2) is 52.8 Å². The van der Waals surface area contributed by atoms with Crippen molar-refractivity contribution in [3.8, 4) is 0 Å². The zero-order valence-electron chi connectivity index (χ0n) is 13.7. The number of amides is 1. The number of rotatable bonds is 4. The molecule has 0 spiro atoms. The Morgan fingerprint density at radius 1 is 1.00 bits per heavy atom. The van der Waals surface area contributed by atoms with Crippen molar-refractivity contribution < 1.29 is 29.0 Å². The van der Waals surface area contributed by atoms with Crippen molar-refractivity contribution in [1.29, 1.82) is 0 Å². The van der Waals surface area contributed by atoms with Crippen LogP contribution in [0.5, 0.6) is 0 Å². The predicted molar refractivity (Wildman–Crippen MR) is 75.8 cm³/mol. The molecule has 0 fully saturated rings. The molecule has 0 aliphatic carbocycles. The summed E-state index contributed by atoms with van der Waals surface area (Å²) in [5.41, 5.74) is -1.49. The van der Waals surface area contributed by atoms with E-state index in [2.05, 4.69) is 0 Å². The van der Waals surface area contributed by atoms with E-state index in [9.17, 15) is 14.4 Å².